The fraction of sp³-hybridized carbons (Fsp3) is 0.867. The van der Waals surface area contributed by atoms with Crippen molar-refractivity contribution >= 4 is 11.9 Å². The van der Waals surface area contributed by atoms with Gasteiger partial charge in [-0.25, -0.2) is 4.79 Å². The van der Waals surface area contributed by atoms with Crippen LogP contribution in [0.1, 0.15) is 49.4 Å². The Bertz CT molecular complexity index is 270. The summed E-state index contributed by atoms with van der Waals surface area (Å²) in [7, 11) is 1.30. The minimum atomic E-state index is -0.548. The zero-order valence-electron chi connectivity index (χ0n) is 14.2. The predicted octanol–water partition coefficient (Wildman–Crippen LogP) is 2.94. The van der Waals surface area contributed by atoms with Gasteiger partial charge in [0.15, 0.2) is 5.78 Å². The zero-order valence-corrected chi connectivity index (χ0v) is 14.2. The molecule has 0 aromatic heterocycles. The van der Waals surface area contributed by atoms with Crippen molar-refractivity contribution in [3.05, 3.63) is 0 Å². The van der Waals surface area contributed by atoms with Crippen LogP contribution in [-0.4, -0.2) is 49.6 Å². The van der Waals surface area contributed by atoms with E-state index in [4.69, 9.17) is 0 Å². The molecule has 0 aromatic rings. The quantitative estimate of drug-likeness (QED) is 0.746. The summed E-state index contributed by atoms with van der Waals surface area (Å²) in [5.74, 6) is -0.0450. The molecule has 0 rings (SSSR count). The number of nitrogens with zero attached hydrogens (tertiary/aromatic N) is 1. The van der Waals surface area contributed by atoms with Crippen molar-refractivity contribution in [2.45, 2.75) is 54.0 Å². The fourth-order valence-electron chi connectivity index (χ4n) is 1.74. The highest BCUT2D eigenvalue weighted by molar-refractivity contribution is 5.88. The molecule has 0 heterocycles. The number of alkyl carbamates (subject to hydrolysis) is 1. The first-order valence-electron chi connectivity index (χ1n) is 7.56. The van der Waals surface area contributed by atoms with Crippen molar-refractivity contribution < 1.29 is 15.8 Å². The monoisotopic (exact) mass is 290 g/mol. The second-order valence-corrected chi connectivity index (χ2v) is 4.56. The molecule has 5 nitrogen and oxygen atoms in total. The summed E-state index contributed by atoms with van der Waals surface area (Å²) < 4.78 is 4.55. The van der Waals surface area contributed by atoms with Crippen LogP contribution in [0.3, 0.4) is 0 Å². The number of carbonyl (C=O) groups is 2. The maximum absolute atomic E-state index is 12.0. The number of hydrogen-bond acceptors (Lipinski definition) is 4. The lowest BCUT2D eigenvalue weighted by Gasteiger charge is -2.23. The summed E-state index contributed by atoms with van der Waals surface area (Å²) in [6.45, 7) is 14.5. The van der Waals surface area contributed by atoms with Crippen LogP contribution in [0.25, 0.3) is 0 Å². The van der Waals surface area contributed by atoms with Crippen LogP contribution in [0.15, 0.2) is 0 Å². The van der Waals surface area contributed by atoms with Gasteiger partial charge in [-0.3, -0.25) is 4.79 Å². The van der Waals surface area contributed by atoms with Crippen LogP contribution in [-0.2, 0) is 9.53 Å². The van der Waals surface area contributed by atoms with Crippen LogP contribution in [0.5, 0.6) is 0 Å². The number of ether oxygens (including phenoxy) is 1. The molecule has 0 radical (unpaired) electrons. The molecule has 0 bridgehead atoms. The minimum Gasteiger partial charge on any atom is -0.453 e. The number of nitrogens with one attached hydrogen (secondary N) is 1. The number of methoxy groups -OCH3 is 1. The molecule has 0 aromatic carbocycles. The van der Waals surface area contributed by atoms with E-state index in [-0.39, 0.29) is 13.1 Å². The maximum atomic E-state index is 12.0. The van der Waals surface area contributed by atoms with E-state index in [9.17, 15) is 9.59 Å². The third kappa shape index (κ3) is 8.91. The summed E-state index contributed by atoms with van der Waals surface area (Å²) in [5, 5.41) is 2.61. The van der Waals surface area contributed by atoms with Gasteiger partial charge in [0.1, 0.15) is 0 Å². The van der Waals surface area contributed by atoms with E-state index in [0.717, 1.165) is 19.6 Å². The van der Waals surface area contributed by atoms with Crippen molar-refractivity contribution in [3.63, 3.8) is 0 Å². The third-order valence-electron chi connectivity index (χ3n) is 3.02. The number of rotatable bonds is 8. The van der Waals surface area contributed by atoms with Gasteiger partial charge in [-0.1, -0.05) is 41.5 Å². The van der Waals surface area contributed by atoms with E-state index < -0.39 is 12.1 Å². The van der Waals surface area contributed by atoms with Crippen LogP contribution in [0.4, 0.5) is 4.79 Å². The number of hydrogen-bond donors (Lipinski definition) is 1. The van der Waals surface area contributed by atoms with E-state index in [1.54, 1.807) is 0 Å². The Morgan fingerprint density at radius 3 is 2.05 bits per heavy atom. The van der Waals surface area contributed by atoms with E-state index in [0.29, 0.717) is 6.42 Å². The molecule has 0 fully saturated rings. The first-order valence-corrected chi connectivity index (χ1v) is 7.56. The van der Waals surface area contributed by atoms with E-state index in [1.807, 2.05) is 27.7 Å². The standard InChI is InChI=1S/C13H26N2O3.C2H6.H2/c1-6-15(7-2)9-8-11(12(16)10(3)4)14-13(17)18-5;1-2;/h10-11H,6-9H2,1-5H3,(H,14,17);1-2H3;1H/t11-;;/m1../s1. The molecule has 20 heavy (non-hydrogen) atoms. The number of carbonyl (C=O) groups excluding carboxylic acids is 2. The van der Waals surface area contributed by atoms with Crippen molar-refractivity contribution in [1.82, 2.24) is 10.2 Å². The Labute approximate surface area is 125 Å². The smallest absolute Gasteiger partial charge is 0.407 e. The van der Waals surface area contributed by atoms with E-state index in [1.165, 1.54) is 7.11 Å². The van der Waals surface area contributed by atoms with Crippen LogP contribution in [0.2, 0.25) is 0 Å². The molecule has 0 aliphatic heterocycles. The van der Waals surface area contributed by atoms with Gasteiger partial charge in [0, 0.05) is 13.9 Å². The molecule has 1 N–H and O–H groups in total. The van der Waals surface area contributed by atoms with Gasteiger partial charge in [0.2, 0.25) is 0 Å². The summed E-state index contributed by atoms with van der Waals surface area (Å²) in [6.07, 6.45) is 0.0712. The molecule has 0 aliphatic carbocycles. The van der Waals surface area contributed by atoms with Crippen molar-refractivity contribution in [2.24, 2.45) is 5.92 Å². The summed E-state index contributed by atoms with van der Waals surface area (Å²) in [4.78, 5) is 25.5. The molecule has 0 aliphatic rings. The Morgan fingerprint density at radius 2 is 1.70 bits per heavy atom. The van der Waals surface area contributed by atoms with Gasteiger partial charge < -0.3 is 15.0 Å². The van der Waals surface area contributed by atoms with Gasteiger partial charge in [0.05, 0.1) is 13.2 Å². The summed E-state index contributed by atoms with van der Waals surface area (Å²) in [6, 6.07) is -0.460. The summed E-state index contributed by atoms with van der Waals surface area (Å²) in [5.41, 5.74) is 0. The van der Waals surface area contributed by atoms with E-state index in [2.05, 4.69) is 28.8 Å². The third-order valence-corrected chi connectivity index (χ3v) is 3.02. The molecular weight excluding hydrogens is 256 g/mol. The highest BCUT2D eigenvalue weighted by Crippen LogP contribution is 2.05. The molecule has 0 saturated heterocycles. The maximum Gasteiger partial charge on any atom is 0.407 e. The summed E-state index contributed by atoms with van der Waals surface area (Å²) >= 11 is 0. The SMILES string of the molecule is CC.CCN(CC)CC[C@@H](NC(=O)OC)C(=O)C(C)C.[HH]. The minimum absolute atomic E-state index is 0. The lowest BCUT2D eigenvalue weighted by Crippen LogP contribution is -2.44. The molecule has 122 valence electrons. The first-order chi connectivity index (χ1) is 9.46. The lowest BCUT2D eigenvalue weighted by atomic mass is 9.99. The lowest BCUT2D eigenvalue weighted by molar-refractivity contribution is -0.124. The fourth-order valence-corrected chi connectivity index (χ4v) is 1.74. The molecule has 0 saturated carbocycles. The average molecular weight is 290 g/mol. The first kappa shape index (κ1) is 21.2. The van der Waals surface area contributed by atoms with Crippen molar-refractivity contribution in [2.75, 3.05) is 26.7 Å². The van der Waals surface area contributed by atoms with Gasteiger partial charge in [-0.2, -0.15) is 0 Å². The molecule has 1 atom stereocenters. The topological polar surface area (TPSA) is 58.6 Å². The zero-order chi connectivity index (χ0) is 16.1. The molecule has 0 unspecified atom stereocenters. The van der Waals surface area contributed by atoms with Crippen LogP contribution in [0, 0.1) is 5.92 Å². The highest BCUT2D eigenvalue weighted by atomic mass is 16.5. The van der Waals surface area contributed by atoms with Crippen LogP contribution < -0.4 is 5.32 Å². The second kappa shape index (κ2) is 12.9. The van der Waals surface area contributed by atoms with E-state index >= 15 is 0 Å². The normalized spacial score (nSPS) is 11.7. The van der Waals surface area contributed by atoms with Gasteiger partial charge in [-0.15, -0.1) is 0 Å². The molecule has 0 spiro atoms. The second-order valence-electron chi connectivity index (χ2n) is 4.56. The van der Waals surface area contributed by atoms with Gasteiger partial charge in [0.25, 0.3) is 0 Å². The molecular formula is C15H34N2O3. The largest absolute Gasteiger partial charge is 0.453 e. The van der Waals surface area contributed by atoms with Crippen LogP contribution >= 0.6 is 0 Å². The van der Waals surface area contributed by atoms with Crippen molar-refractivity contribution in [3.8, 4) is 0 Å². The predicted molar refractivity (Wildman–Crippen MR) is 85.0 cm³/mol. The number of Topliss-reactive ketones (excluding diaryl/α,β-unsaturated/α-hetero) is 1. The highest BCUT2D eigenvalue weighted by Gasteiger charge is 2.23. The number of ketones is 1. The van der Waals surface area contributed by atoms with Gasteiger partial charge in [-0.05, 0) is 19.5 Å². The average Bonchev–Trinajstić information content (AvgIpc) is 2.47. The number of amides is 1. The Hall–Kier alpha value is -1.10. The Morgan fingerprint density at radius 1 is 1.20 bits per heavy atom. The van der Waals surface area contributed by atoms with Gasteiger partial charge >= 0.3 is 6.09 Å². The molecule has 5 heteroatoms. The molecule has 1 amide bonds. The Balaban J connectivity index is -0.00000103. The Kier molecular flexibility index (Phi) is 13.7. The van der Waals surface area contributed by atoms with Crippen molar-refractivity contribution in [1.29, 1.82) is 0 Å².